The Hall–Kier alpha value is -1.89. The fourth-order valence-corrected chi connectivity index (χ4v) is 1.94. The third kappa shape index (κ3) is 5.55. The third-order valence-electron chi connectivity index (χ3n) is 3.06. The maximum absolute atomic E-state index is 11.9. The van der Waals surface area contributed by atoms with E-state index in [0.717, 1.165) is 18.9 Å². The van der Waals surface area contributed by atoms with Crippen LogP contribution in [0.2, 0.25) is 0 Å². The number of hydrogen-bond donors (Lipinski definition) is 2. The Bertz CT molecular complexity index is 449. The summed E-state index contributed by atoms with van der Waals surface area (Å²) in [5.74, 6) is 2.15. The number of amides is 1. The lowest BCUT2D eigenvalue weighted by Crippen LogP contribution is -2.31. The first-order valence-corrected chi connectivity index (χ1v) is 7.20. The van der Waals surface area contributed by atoms with Gasteiger partial charge in [0.2, 0.25) is 5.91 Å². The quantitative estimate of drug-likeness (QED) is 0.715. The van der Waals surface area contributed by atoms with E-state index in [1.54, 1.807) is 20.2 Å². The average molecular weight is 295 g/mol. The molecule has 0 spiro atoms. The molecule has 0 bridgehead atoms. The molecule has 0 aromatic carbocycles. The molecule has 0 aliphatic rings. The van der Waals surface area contributed by atoms with Crippen LogP contribution >= 0.6 is 0 Å². The second-order valence-electron chi connectivity index (χ2n) is 4.48. The molecule has 21 heavy (non-hydrogen) atoms. The zero-order chi connectivity index (χ0) is 15.7. The van der Waals surface area contributed by atoms with Gasteiger partial charge in [-0.2, -0.15) is 0 Å². The number of rotatable bonds is 9. The van der Waals surface area contributed by atoms with Crippen LogP contribution in [0.15, 0.2) is 6.07 Å². The molecule has 1 aromatic heterocycles. The van der Waals surface area contributed by atoms with Crippen molar-refractivity contribution in [1.29, 1.82) is 0 Å². The van der Waals surface area contributed by atoms with Gasteiger partial charge in [0.05, 0.1) is 0 Å². The van der Waals surface area contributed by atoms with E-state index in [-0.39, 0.29) is 5.91 Å². The fraction of sp³-hybridized carbons (Fsp3) is 0.643. The maximum atomic E-state index is 11.9. The van der Waals surface area contributed by atoms with Gasteiger partial charge in [0.1, 0.15) is 18.2 Å². The second-order valence-corrected chi connectivity index (χ2v) is 4.48. The van der Waals surface area contributed by atoms with Crippen molar-refractivity contribution in [2.75, 3.05) is 44.4 Å². The van der Waals surface area contributed by atoms with Gasteiger partial charge in [-0.3, -0.25) is 4.79 Å². The van der Waals surface area contributed by atoms with Gasteiger partial charge in [-0.15, -0.1) is 0 Å². The second kappa shape index (κ2) is 9.12. The minimum Gasteiger partial charge on any atom is -0.377 e. The number of methoxy groups -OCH3 is 1. The summed E-state index contributed by atoms with van der Waals surface area (Å²) >= 11 is 0. The van der Waals surface area contributed by atoms with Crippen LogP contribution in [0.1, 0.15) is 26.1 Å². The van der Waals surface area contributed by atoms with Crippen LogP contribution < -0.4 is 10.6 Å². The van der Waals surface area contributed by atoms with E-state index in [2.05, 4.69) is 20.6 Å². The molecule has 118 valence electrons. The molecule has 7 heteroatoms. The van der Waals surface area contributed by atoms with Crippen molar-refractivity contribution < 1.29 is 9.53 Å². The van der Waals surface area contributed by atoms with E-state index in [4.69, 9.17) is 4.74 Å². The van der Waals surface area contributed by atoms with Gasteiger partial charge in [-0.25, -0.2) is 9.97 Å². The Morgan fingerprint density at radius 2 is 1.95 bits per heavy atom. The van der Waals surface area contributed by atoms with Gasteiger partial charge in [-0.05, 0) is 13.8 Å². The first-order chi connectivity index (χ1) is 10.1. The summed E-state index contributed by atoms with van der Waals surface area (Å²) in [7, 11) is 3.40. The number of carbonyl (C=O) groups is 1. The SMILES string of the molecule is CCN(CC)C(=O)CCNc1cc(NC)nc(COC)n1. The Kier molecular flexibility index (Phi) is 7.45. The molecule has 0 aliphatic heterocycles. The van der Waals surface area contributed by atoms with Gasteiger partial charge in [-0.1, -0.05) is 0 Å². The number of hydrogen-bond acceptors (Lipinski definition) is 6. The first-order valence-electron chi connectivity index (χ1n) is 7.20. The number of aromatic nitrogens is 2. The number of ether oxygens (including phenoxy) is 1. The van der Waals surface area contributed by atoms with Gasteiger partial charge in [0, 0.05) is 46.3 Å². The zero-order valence-electron chi connectivity index (χ0n) is 13.3. The molecule has 0 radical (unpaired) electrons. The summed E-state index contributed by atoms with van der Waals surface area (Å²) in [4.78, 5) is 22.3. The molecule has 0 unspecified atom stereocenters. The first kappa shape index (κ1) is 17.2. The molecule has 0 saturated heterocycles. The predicted octanol–water partition coefficient (Wildman–Crippen LogP) is 1.34. The van der Waals surface area contributed by atoms with Crippen LogP contribution in [0.3, 0.4) is 0 Å². The van der Waals surface area contributed by atoms with Crippen molar-refractivity contribution in [3.63, 3.8) is 0 Å². The molecular formula is C14H25N5O2. The lowest BCUT2D eigenvalue weighted by Gasteiger charge is -2.18. The maximum Gasteiger partial charge on any atom is 0.224 e. The van der Waals surface area contributed by atoms with Gasteiger partial charge >= 0.3 is 0 Å². The van der Waals surface area contributed by atoms with E-state index in [1.165, 1.54) is 0 Å². The van der Waals surface area contributed by atoms with Crippen molar-refractivity contribution >= 4 is 17.5 Å². The molecule has 0 aliphatic carbocycles. The predicted molar refractivity (Wildman–Crippen MR) is 83.3 cm³/mol. The van der Waals surface area contributed by atoms with Crippen LogP contribution in [0.4, 0.5) is 11.6 Å². The molecular weight excluding hydrogens is 270 g/mol. The largest absolute Gasteiger partial charge is 0.377 e. The minimum atomic E-state index is 0.146. The molecule has 0 fully saturated rings. The molecule has 1 aromatic rings. The van der Waals surface area contributed by atoms with E-state index in [1.807, 2.05) is 18.7 Å². The van der Waals surface area contributed by atoms with Gasteiger partial charge in [0.25, 0.3) is 0 Å². The van der Waals surface area contributed by atoms with E-state index >= 15 is 0 Å². The highest BCUT2D eigenvalue weighted by Gasteiger charge is 2.09. The standard InChI is InChI=1S/C14H25N5O2/c1-5-19(6-2)14(20)7-8-16-12-9-11(15-3)17-13(18-12)10-21-4/h9H,5-8,10H2,1-4H3,(H2,15,16,17,18). The van der Waals surface area contributed by atoms with Crippen LogP contribution in [-0.4, -0.2) is 54.6 Å². The molecule has 2 N–H and O–H groups in total. The summed E-state index contributed by atoms with van der Waals surface area (Å²) in [5.41, 5.74) is 0. The number of nitrogens with zero attached hydrogens (tertiary/aromatic N) is 3. The molecule has 0 atom stereocenters. The molecule has 1 rings (SSSR count). The summed E-state index contributed by atoms with van der Waals surface area (Å²) in [6, 6.07) is 1.81. The summed E-state index contributed by atoms with van der Waals surface area (Å²) in [6.45, 7) is 6.34. The minimum absolute atomic E-state index is 0.146. The summed E-state index contributed by atoms with van der Waals surface area (Å²) in [5, 5.41) is 6.14. The fourth-order valence-electron chi connectivity index (χ4n) is 1.94. The Labute approximate surface area is 126 Å². The van der Waals surface area contributed by atoms with Crippen molar-refractivity contribution in [2.45, 2.75) is 26.9 Å². The summed E-state index contributed by atoms with van der Waals surface area (Å²) < 4.78 is 5.04. The van der Waals surface area contributed by atoms with Crippen LogP contribution in [-0.2, 0) is 16.1 Å². The lowest BCUT2D eigenvalue weighted by atomic mass is 10.3. The number of carbonyl (C=O) groups excluding carboxylic acids is 1. The van der Waals surface area contributed by atoms with Crippen molar-refractivity contribution in [1.82, 2.24) is 14.9 Å². The Balaban J connectivity index is 2.58. The highest BCUT2D eigenvalue weighted by molar-refractivity contribution is 5.76. The molecule has 7 nitrogen and oxygen atoms in total. The molecule has 1 heterocycles. The average Bonchev–Trinajstić information content (AvgIpc) is 2.48. The highest BCUT2D eigenvalue weighted by atomic mass is 16.5. The van der Waals surface area contributed by atoms with E-state index in [0.29, 0.717) is 31.2 Å². The van der Waals surface area contributed by atoms with Crippen molar-refractivity contribution in [2.24, 2.45) is 0 Å². The van der Waals surface area contributed by atoms with Crippen LogP contribution in [0.25, 0.3) is 0 Å². The molecule has 1 amide bonds. The van der Waals surface area contributed by atoms with Gasteiger partial charge < -0.3 is 20.3 Å². The summed E-state index contributed by atoms with van der Waals surface area (Å²) in [6.07, 6.45) is 0.445. The lowest BCUT2D eigenvalue weighted by molar-refractivity contribution is -0.130. The van der Waals surface area contributed by atoms with Crippen LogP contribution in [0, 0.1) is 0 Å². The highest BCUT2D eigenvalue weighted by Crippen LogP contribution is 2.11. The number of anilines is 2. The van der Waals surface area contributed by atoms with E-state index < -0.39 is 0 Å². The smallest absolute Gasteiger partial charge is 0.224 e. The number of nitrogens with one attached hydrogen (secondary N) is 2. The monoisotopic (exact) mass is 295 g/mol. The van der Waals surface area contributed by atoms with Crippen LogP contribution in [0.5, 0.6) is 0 Å². The van der Waals surface area contributed by atoms with Crippen molar-refractivity contribution in [3.8, 4) is 0 Å². The third-order valence-corrected chi connectivity index (χ3v) is 3.06. The van der Waals surface area contributed by atoms with E-state index in [9.17, 15) is 4.79 Å². The Morgan fingerprint density at radius 3 is 2.52 bits per heavy atom. The zero-order valence-corrected chi connectivity index (χ0v) is 13.3. The Morgan fingerprint density at radius 1 is 1.29 bits per heavy atom. The topological polar surface area (TPSA) is 79.4 Å². The molecule has 0 saturated carbocycles. The normalized spacial score (nSPS) is 10.3. The van der Waals surface area contributed by atoms with Crippen molar-refractivity contribution in [3.05, 3.63) is 11.9 Å². The van der Waals surface area contributed by atoms with Gasteiger partial charge in [0.15, 0.2) is 5.82 Å².